The fraction of sp³-hybridized carbons (Fsp3) is 0.481. The van der Waals surface area contributed by atoms with E-state index in [1.54, 1.807) is 38.8 Å². The van der Waals surface area contributed by atoms with Crippen molar-refractivity contribution in [2.24, 2.45) is 0 Å². The Morgan fingerprint density at radius 2 is 2.00 bits per heavy atom. The Morgan fingerprint density at radius 1 is 1.29 bits per heavy atom. The van der Waals surface area contributed by atoms with Gasteiger partial charge in [-0.2, -0.15) is 4.98 Å². The number of carbonyl (C=O) groups excluding carboxylic acids is 3. The summed E-state index contributed by atoms with van der Waals surface area (Å²) in [5.74, 6) is -0.452. The second-order valence-electron chi connectivity index (χ2n) is 9.88. The summed E-state index contributed by atoms with van der Waals surface area (Å²) < 4.78 is 16.4. The number of hydrogen-bond donors (Lipinski definition) is 4. The van der Waals surface area contributed by atoms with Gasteiger partial charge in [0.05, 0.1) is 11.7 Å². The number of likely N-dealkylation sites (N-methyl/N-ethyl adjacent to an activating group) is 1. The maximum absolute atomic E-state index is 12.6. The zero-order valence-electron chi connectivity index (χ0n) is 24.8. The highest BCUT2D eigenvalue weighted by Gasteiger charge is 2.34. The van der Waals surface area contributed by atoms with Crippen LogP contribution in [0.5, 0.6) is 0 Å². The van der Waals surface area contributed by atoms with Crippen LogP contribution < -0.4 is 31.9 Å². The molecule has 2 aromatic rings. The lowest BCUT2D eigenvalue weighted by Crippen LogP contribution is -2.39. The van der Waals surface area contributed by atoms with Crippen molar-refractivity contribution in [3.8, 4) is 0 Å². The molecule has 0 bridgehead atoms. The third-order valence-electron chi connectivity index (χ3n) is 5.52. The minimum absolute atomic E-state index is 0.0455. The molecule has 0 aromatic carbocycles. The monoisotopic (exact) mass is 588 g/mol. The quantitative estimate of drug-likeness (QED) is 0.130. The average molecular weight is 589 g/mol. The molecule has 1 fully saturated rings. The molecule has 1 saturated heterocycles. The Bertz CT molecular complexity index is 1280. The van der Waals surface area contributed by atoms with Gasteiger partial charge in [0.2, 0.25) is 12.4 Å². The van der Waals surface area contributed by atoms with Crippen LogP contribution in [0.3, 0.4) is 0 Å². The number of H-pyrrole nitrogens is 1. The first-order valence-electron chi connectivity index (χ1n) is 13.4. The molecule has 1 aliphatic heterocycles. The van der Waals surface area contributed by atoms with Crippen molar-refractivity contribution in [2.45, 2.75) is 65.4 Å². The fourth-order valence-electron chi connectivity index (χ4n) is 3.81. The normalized spacial score (nSPS) is 15.9. The molecule has 15 nitrogen and oxygen atoms in total. The number of nitrogens with two attached hydrogens (primary N) is 1. The van der Waals surface area contributed by atoms with E-state index < -0.39 is 35.6 Å². The Kier molecular flexibility index (Phi) is 12.3. The van der Waals surface area contributed by atoms with Crippen molar-refractivity contribution < 1.29 is 28.6 Å². The number of rotatable bonds is 11. The van der Waals surface area contributed by atoms with Crippen molar-refractivity contribution in [1.29, 1.82) is 0 Å². The van der Waals surface area contributed by atoms with Crippen LogP contribution in [0.1, 0.15) is 57.8 Å². The highest BCUT2D eigenvalue weighted by atomic mass is 16.6. The molecule has 5 N–H and O–H groups in total. The molecule has 42 heavy (non-hydrogen) atoms. The average Bonchev–Trinajstić information content (AvgIpc) is 3.40. The van der Waals surface area contributed by atoms with Gasteiger partial charge in [-0.05, 0) is 45.7 Å². The minimum Gasteiger partial charge on any atom is -0.459 e. The molecule has 3 heterocycles. The zero-order chi connectivity index (χ0) is 31.4. The number of aromatic amines is 1. The molecule has 1 unspecified atom stereocenters. The molecule has 15 heteroatoms. The molecule has 0 spiro atoms. The predicted octanol–water partition coefficient (Wildman–Crippen LogP) is 2.57. The van der Waals surface area contributed by atoms with E-state index in [9.17, 15) is 19.2 Å². The summed E-state index contributed by atoms with van der Waals surface area (Å²) in [5, 5.41) is 0. The number of esters is 1. The number of nitrogens with one attached hydrogen (secondary N) is 3. The molecule has 2 atom stereocenters. The van der Waals surface area contributed by atoms with Gasteiger partial charge in [-0.1, -0.05) is 19.9 Å². The van der Waals surface area contributed by atoms with Crippen molar-refractivity contribution >= 4 is 41.7 Å². The number of hydrazine groups is 1. The molecule has 2 aromatic heterocycles. The van der Waals surface area contributed by atoms with Crippen LogP contribution in [0.4, 0.5) is 28.1 Å². The first kappa shape index (κ1) is 33.5. The minimum atomic E-state index is -0.754. The van der Waals surface area contributed by atoms with Gasteiger partial charge in [-0.25, -0.2) is 20.0 Å². The molecular formula is C27H40N8O7. The summed E-state index contributed by atoms with van der Waals surface area (Å²) in [6, 6.07) is 2.96. The van der Waals surface area contributed by atoms with E-state index in [2.05, 4.69) is 32.4 Å². The van der Waals surface area contributed by atoms with Gasteiger partial charge in [-0.15, -0.1) is 6.58 Å². The molecule has 0 radical (unpaired) electrons. The number of aromatic nitrogens is 3. The summed E-state index contributed by atoms with van der Waals surface area (Å²) in [6.07, 6.45) is 2.36. The highest BCUT2D eigenvalue weighted by molar-refractivity contribution is 5.89. The third kappa shape index (κ3) is 9.47. The van der Waals surface area contributed by atoms with E-state index in [1.807, 2.05) is 13.8 Å². The Balaban J connectivity index is 0.00000301. The lowest BCUT2D eigenvalue weighted by Gasteiger charge is -2.28. The van der Waals surface area contributed by atoms with E-state index in [0.717, 1.165) is 0 Å². The number of carbonyl (C=O) groups is 3. The van der Waals surface area contributed by atoms with Gasteiger partial charge < -0.3 is 24.8 Å². The lowest BCUT2D eigenvalue weighted by atomic mass is 10.2. The molecule has 3 rings (SSSR count). The second kappa shape index (κ2) is 15.4. The maximum Gasteiger partial charge on any atom is 0.426 e. The number of pyridine rings is 1. The van der Waals surface area contributed by atoms with E-state index in [1.165, 1.54) is 23.2 Å². The van der Waals surface area contributed by atoms with Crippen LogP contribution in [0, 0.1) is 0 Å². The number of anilines is 4. The predicted molar refractivity (Wildman–Crippen MR) is 158 cm³/mol. The van der Waals surface area contributed by atoms with E-state index in [4.69, 9.17) is 19.9 Å². The second-order valence-corrected chi connectivity index (χ2v) is 9.88. The molecular weight excluding hydrogens is 548 g/mol. The molecule has 230 valence electrons. The molecule has 2 amide bonds. The summed E-state index contributed by atoms with van der Waals surface area (Å²) >= 11 is 0. The van der Waals surface area contributed by atoms with Crippen LogP contribution in [-0.2, 0) is 19.0 Å². The number of ether oxygens (including phenoxy) is 3. The summed E-state index contributed by atoms with van der Waals surface area (Å²) in [6.45, 7) is 13.1. The van der Waals surface area contributed by atoms with Gasteiger partial charge in [0.25, 0.3) is 5.56 Å². The van der Waals surface area contributed by atoms with Crippen molar-refractivity contribution in [3.05, 3.63) is 46.9 Å². The molecule has 0 aliphatic carbocycles. The summed E-state index contributed by atoms with van der Waals surface area (Å²) in [7, 11) is 1.66. The lowest BCUT2D eigenvalue weighted by molar-refractivity contribution is -0.110. The largest absolute Gasteiger partial charge is 0.459 e. The van der Waals surface area contributed by atoms with Crippen LogP contribution in [0.2, 0.25) is 0 Å². The van der Waals surface area contributed by atoms with Crippen LogP contribution in [-0.4, -0.2) is 71.6 Å². The zero-order valence-corrected chi connectivity index (χ0v) is 24.8. The Hall–Kier alpha value is -4.66. The Morgan fingerprint density at radius 3 is 2.60 bits per heavy atom. The smallest absolute Gasteiger partial charge is 0.426 e. The Labute approximate surface area is 244 Å². The number of nitrogens with zero attached hydrogens (tertiary/aromatic N) is 4. The van der Waals surface area contributed by atoms with Crippen molar-refractivity contribution in [3.63, 3.8) is 0 Å². The maximum atomic E-state index is 12.6. The third-order valence-corrected chi connectivity index (χ3v) is 5.52. The van der Waals surface area contributed by atoms with Gasteiger partial charge in [0, 0.05) is 19.8 Å². The van der Waals surface area contributed by atoms with Crippen molar-refractivity contribution in [1.82, 2.24) is 20.4 Å². The van der Waals surface area contributed by atoms with Crippen LogP contribution >= 0.6 is 0 Å². The van der Waals surface area contributed by atoms with Gasteiger partial charge in [0.15, 0.2) is 5.82 Å². The fourth-order valence-corrected chi connectivity index (χ4v) is 3.81. The van der Waals surface area contributed by atoms with Crippen LogP contribution in [0.15, 0.2) is 35.8 Å². The first-order chi connectivity index (χ1) is 19.9. The SMILES string of the molecule is C=CCN(C)c1c(N(C=O)[C@H]2CCC(COC(=O)c3ccc(NNC(=O)OC(C)(C)C)nc3)O2)nc(N)[nH]c1=O.CC. The number of amides is 2. The topological polar surface area (TPSA) is 194 Å². The highest BCUT2D eigenvalue weighted by Crippen LogP contribution is 2.30. The number of nitrogen functional groups attached to an aromatic ring is 1. The molecule has 0 saturated carbocycles. The summed E-state index contributed by atoms with van der Waals surface area (Å²) in [4.78, 5) is 62.3. The van der Waals surface area contributed by atoms with E-state index >= 15 is 0 Å². The standard InChI is InChI=1S/C25H34N8O7.C2H6/c1-6-11-32(5)19-20(28-23(26)29-21(19)35)33(14-34)18-10-8-16(39-18)13-38-22(36)15-7-9-17(27-12-15)30-31-24(37)40-25(2,3)4;1-2/h6-7,9,12,14,16,18H,1,8,10-11,13H2,2-5H3,(H,27,30)(H,31,37)(H3,26,28,29,35);1-2H3/t16?,18-;/m1./s1. The molecule has 1 aliphatic rings. The van der Waals surface area contributed by atoms with Crippen LogP contribution in [0.25, 0.3) is 0 Å². The van der Waals surface area contributed by atoms with Gasteiger partial charge in [0.1, 0.15) is 29.9 Å². The van der Waals surface area contributed by atoms with Gasteiger partial charge in [-0.3, -0.25) is 24.9 Å². The number of hydrogen-bond acceptors (Lipinski definition) is 12. The van der Waals surface area contributed by atoms with Crippen molar-refractivity contribution in [2.75, 3.05) is 41.2 Å². The van der Waals surface area contributed by atoms with Gasteiger partial charge >= 0.3 is 12.1 Å². The van der Waals surface area contributed by atoms with E-state index in [0.29, 0.717) is 25.8 Å². The first-order valence-corrected chi connectivity index (χ1v) is 13.4. The van der Waals surface area contributed by atoms with E-state index in [-0.39, 0.29) is 35.4 Å². The summed E-state index contributed by atoms with van der Waals surface area (Å²) in [5.41, 5.74) is 9.82.